The van der Waals surface area contributed by atoms with Crippen molar-refractivity contribution in [3.05, 3.63) is 136 Å². The van der Waals surface area contributed by atoms with E-state index in [0.717, 1.165) is 28.1 Å². The van der Waals surface area contributed by atoms with Gasteiger partial charge in [0.15, 0.2) is 11.0 Å². The molecule has 3 heterocycles. The molecule has 2 amide bonds. The van der Waals surface area contributed by atoms with Gasteiger partial charge in [-0.15, -0.1) is 21.5 Å². The van der Waals surface area contributed by atoms with Crippen molar-refractivity contribution in [1.82, 2.24) is 25.1 Å². The Balaban J connectivity index is 1.19. The molecule has 3 aromatic carbocycles. The monoisotopic (exact) mass is 624 g/mol. The number of halogens is 1. The predicted octanol–water partition coefficient (Wildman–Crippen LogP) is 6.12. The van der Waals surface area contributed by atoms with Crippen molar-refractivity contribution >= 4 is 40.6 Å². The summed E-state index contributed by atoms with van der Waals surface area (Å²) in [5.41, 5.74) is 3.37. The number of carbonyl (C=O) groups is 2. The van der Waals surface area contributed by atoms with E-state index in [4.69, 9.17) is 5.10 Å². The molecular weight excluding hydrogens is 596 g/mol. The summed E-state index contributed by atoms with van der Waals surface area (Å²) in [6.07, 6.45) is 1.27. The Morgan fingerprint density at radius 1 is 0.932 bits per heavy atom. The molecule has 0 fully saturated rings. The van der Waals surface area contributed by atoms with E-state index in [9.17, 15) is 14.0 Å². The fourth-order valence-corrected chi connectivity index (χ4v) is 6.54. The van der Waals surface area contributed by atoms with Gasteiger partial charge in [-0.05, 0) is 53.3 Å². The summed E-state index contributed by atoms with van der Waals surface area (Å²) in [5.74, 6) is -0.0346. The smallest absolute Gasteiger partial charge is 0.253 e. The molecule has 2 aromatic heterocycles. The summed E-state index contributed by atoms with van der Waals surface area (Å²) in [6, 6.07) is 28.9. The maximum Gasteiger partial charge on any atom is 0.253 e. The molecule has 1 atom stereocenters. The number of nitrogens with zero attached hydrogens (tertiary/aromatic N) is 5. The number of nitrogens with one attached hydrogen (secondary N) is 1. The minimum absolute atomic E-state index is 0.0821. The zero-order chi connectivity index (χ0) is 30.3. The van der Waals surface area contributed by atoms with Crippen LogP contribution in [0.15, 0.2) is 113 Å². The van der Waals surface area contributed by atoms with Crippen LogP contribution < -0.4 is 5.32 Å². The molecule has 0 aliphatic carbocycles. The molecular formula is C33H29FN6O2S2. The van der Waals surface area contributed by atoms with Crippen LogP contribution in [0.1, 0.15) is 44.6 Å². The summed E-state index contributed by atoms with van der Waals surface area (Å²) in [4.78, 5) is 27.4. The number of rotatable bonds is 11. The number of amides is 2. The molecule has 0 unspecified atom stereocenters. The summed E-state index contributed by atoms with van der Waals surface area (Å²) < 4.78 is 15.6. The number of aryl methyl sites for hydroxylation is 1. The van der Waals surface area contributed by atoms with Gasteiger partial charge in [0.2, 0.25) is 0 Å². The van der Waals surface area contributed by atoms with Crippen molar-refractivity contribution in [2.24, 2.45) is 5.10 Å². The molecule has 0 radical (unpaired) electrons. The van der Waals surface area contributed by atoms with Crippen LogP contribution >= 0.6 is 23.1 Å². The van der Waals surface area contributed by atoms with Crippen LogP contribution in [0.5, 0.6) is 0 Å². The third-order valence-corrected chi connectivity index (χ3v) is 9.12. The number of thiophene rings is 1. The largest absolute Gasteiger partial charge is 0.345 e. The lowest BCUT2D eigenvalue weighted by Gasteiger charge is -2.22. The fourth-order valence-electron chi connectivity index (χ4n) is 4.99. The van der Waals surface area contributed by atoms with Gasteiger partial charge in [0.25, 0.3) is 11.8 Å². The van der Waals surface area contributed by atoms with Crippen LogP contribution in [-0.2, 0) is 24.3 Å². The van der Waals surface area contributed by atoms with Crippen molar-refractivity contribution in [2.75, 3.05) is 5.75 Å². The minimum atomic E-state index is -0.333. The maximum absolute atomic E-state index is 13.7. The highest BCUT2D eigenvalue weighted by Gasteiger charge is 2.33. The van der Waals surface area contributed by atoms with Gasteiger partial charge in [0.1, 0.15) is 5.82 Å². The predicted molar refractivity (Wildman–Crippen MR) is 170 cm³/mol. The topological polar surface area (TPSA) is 92.5 Å². The van der Waals surface area contributed by atoms with E-state index in [0.29, 0.717) is 29.5 Å². The third-order valence-electron chi connectivity index (χ3n) is 7.25. The lowest BCUT2D eigenvalue weighted by molar-refractivity contribution is -0.130. The molecule has 0 spiro atoms. The minimum Gasteiger partial charge on any atom is -0.345 e. The first-order valence-corrected chi connectivity index (χ1v) is 16.0. The van der Waals surface area contributed by atoms with Crippen molar-refractivity contribution in [3.8, 4) is 0 Å². The van der Waals surface area contributed by atoms with E-state index >= 15 is 0 Å². The van der Waals surface area contributed by atoms with Crippen molar-refractivity contribution < 1.29 is 14.0 Å². The second kappa shape index (κ2) is 13.8. The first-order valence-electron chi connectivity index (χ1n) is 14.2. The third kappa shape index (κ3) is 6.95. The summed E-state index contributed by atoms with van der Waals surface area (Å²) in [7, 11) is 0. The normalized spacial score (nSPS) is 14.4. The summed E-state index contributed by atoms with van der Waals surface area (Å²) in [5, 5.41) is 20.5. The molecule has 8 nitrogen and oxygen atoms in total. The average Bonchev–Trinajstić information content (AvgIpc) is 3.83. The highest BCUT2D eigenvalue weighted by molar-refractivity contribution is 7.99. The first-order chi connectivity index (χ1) is 21.5. The van der Waals surface area contributed by atoms with E-state index in [1.807, 2.05) is 58.5 Å². The highest BCUT2D eigenvalue weighted by Crippen LogP contribution is 2.34. The fraction of sp³-hybridized carbons (Fsp3) is 0.182. The Bertz CT molecular complexity index is 1740. The second-order valence-corrected chi connectivity index (χ2v) is 12.0. The van der Waals surface area contributed by atoms with Gasteiger partial charge >= 0.3 is 0 Å². The van der Waals surface area contributed by atoms with Crippen LogP contribution in [0.3, 0.4) is 0 Å². The molecule has 0 saturated heterocycles. The van der Waals surface area contributed by atoms with Crippen LogP contribution in [0.2, 0.25) is 0 Å². The number of carbonyl (C=O) groups excluding carboxylic acids is 2. The van der Waals surface area contributed by atoms with Crippen molar-refractivity contribution in [3.63, 3.8) is 0 Å². The molecule has 1 aliphatic heterocycles. The molecule has 1 aliphatic rings. The van der Waals surface area contributed by atoms with Crippen LogP contribution in [0.4, 0.5) is 4.39 Å². The highest BCUT2D eigenvalue weighted by atomic mass is 32.2. The number of hydrogen-bond donors (Lipinski definition) is 1. The maximum atomic E-state index is 13.7. The van der Waals surface area contributed by atoms with Gasteiger partial charge in [-0.25, -0.2) is 9.40 Å². The van der Waals surface area contributed by atoms with Gasteiger partial charge in [-0.1, -0.05) is 78.5 Å². The second-order valence-electron chi connectivity index (χ2n) is 10.2. The number of hydrogen-bond acceptors (Lipinski definition) is 7. The molecule has 11 heteroatoms. The summed E-state index contributed by atoms with van der Waals surface area (Å²) in [6.45, 7) is 0.768. The standard InChI is InChI=1S/C33H29FN6O2S2/c34-26-15-13-24(14-16-26)28-20-27(29-12-7-19-43-29)38-40(28)31(41)22-44-33-37-36-30(21-35-32(42)25-10-5-2-6-11-25)39(33)18-17-23-8-3-1-4-9-23/h1-16,19,28H,17-18,20-22H2,(H,35,42)/t28-/m0/s1. The van der Waals surface area contributed by atoms with E-state index in [-0.39, 0.29) is 36.0 Å². The Kier molecular flexibility index (Phi) is 9.23. The molecule has 0 saturated carbocycles. The molecule has 0 bridgehead atoms. The van der Waals surface area contributed by atoms with Gasteiger partial charge in [0.05, 0.1) is 28.9 Å². The van der Waals surface area contributed by atoms with Crippen LogP contribution in [0.25, 0.3) is 0 Å². The van der Waals surface area contributed by atoms with E-state index in [2.05, 4.69) is 27.6 Å². The zero-order valence-electron chi connectivity index (χ0n) is 23.7. The lowest BCUT2D eigenvalue weighted by Crippen LogP contribution is -2.28. The van der Waals surface area contributed by atoms with Gasteiger partial charge in [-0.2, -0.15) is 5.10 Å². The summed E-state index contributed by atoms with van der Waals surface area (Å²) >= 11 is 2.86. The van der Waals surface area contributed by atoms with Crippen molar-refractivity contribution in [1.29, 1.82) is 0 Å². The Labute approximate surface area is 262 Å². The first kappa shape index (κ1) is 29.5. The molecule has 5 aromatic rings. The zero-order valence-corrected chi connectivity index (χ0v) is 25.3. The Morgan fingerprint density at radius 3 is 2.41 bits per heavy atom. The van der Waals surface area contributed by atoms with Gasteiger partial charge in [0, 0.05) is 18.5 Å². The Morgan fingerprint density at radius 2 is 1.68 bits per heavy atom. The average molecular weight is 625 g/mol. The van der Waals surface area contributed by atoms with Crippen molar-refractivity contribution in [2.45, 2.75) is 37.1 Å². The van der Waals surface area contributed by atoms with E-state index < -0.39 is 0 Å². The molecule has 222 valence electrons. The Hall–Kier alpha value is -4.61. The molecule has 1 N–H and O–H groups in total. The molecule has 6 rings (SSSR count). The van der Waals surface area contributed by atoms with Gasteiger partial charge < -0.3 is 9.88 Å². The van der Waals surface area contributed by atoms with E-state index in [1.165, 1.54) is 28.9 Å². The van der Waals surface area contributed by atoms with Crippen LogP contribution in [-0.4, -0.2) is 43.1 Å². The molecule has 44 heavy (non-hydrogen) atoms. The van der Waals surface area contributed by atoms with Crippen LogP contribution in [0, 0.1) is 5.82 Å². The number of aromatic nitrogens is 3. The number of benzene rings is 3. The quantitative estimate of drug-likeness (QED) is 0.179. The lowest BCUT2D eigenvalue weighted by atomic mass is 10.0. The van der Waals surface area contributed by atoms with Gasteiger partial charge in [-0.3, -0.25) is 9.59 Å². The SMILES string of the molecule is O=C(NCc1nnc(SCC(=O)N2N=C(c3cccs3)C[C@H]2c2ccc(F)cc2)n1CCc1ccccc1)c1ccccc1. The number of hydrazone groups is 1. The number of thioether (sulfide) groups is 1. The van der Waals surface area contributed by atoms with E-state index in [1.54, 1.807) is 35.6 Å².